The molecule has 0 radical (unpaired) electrons. The minimum atomic E-state index is -4.50. The molecule has 1 aromatic rings. The number of hydrogen-bond acceptors (Lipinski definition) is 2. The molecule has 0 aromatic heterocycles. The summed E-state index contributed by atoms with van der Waals surface area (Å²) in [6, 6.07) is 3.31. The monoisotopic (exact) mass is 365 g/mol. The molecule has 2 atom stereocenters. The van der Waals surface area contributed by atoms with Crippen molar-refractivity contribution in [2.45, 2.75) is 38.4 Å². The predicted molar refractivity (Wildman–Crippen MR) is 76.1 cm³/mol. The topological polar surface area (TPSA) is 49.3 Å². The fourth-order valence-electron chi connectivity index (χ4n) is 2.72. The van der Waals surface area contributed by atoms with Gasteiger partial charge < -0.3 is 10.4 Å². The van der Waals surface area contributed by atoms with Crippen molar-refractivity contribution < 1.29 is 23.1 Å². The summed E-state index contributed by atoms with van der Waals surface area (Å²) in [4.78, 5) is 11.4. The second-order valence-corrected chi connectivity index (χ2v) is 6.42. The van der Waals surface area contributed by atoms with E-state index in [1.165, 1.54) is 12.1 Å². The van der Waals surface area contributed by atoms with Crippen molar-refractivity contribution in [3.8, 4) is 0 Å². The Morgan fingerprint density at radius 3 is 2.71 bits per heavy atom. The van der Waals surface area contributed by atoms with Crippen LogP contribution in [0.1, 0.15) is 31.7 Å². The molecule has 2 rings (SSSR count). The van der Waals surface area contributed by atoms with Gasteiger partial charge in [0.25, 0.3) is 0 Å². The van der Waals surface area contributed by atoms with Gasteiger partial charge in [-0.3, -0.25) is 4.79 Å². The van der Waals surface area contributed by atoms with Crippen molar-refractivity contribution in [1.82, 2.24) is 0 Å². The number of carboxylic acids is 1. The summed E-state index contributed by atoms with van der Waals surface area (Å²) in [5, 5.41) is 12.1. The van der Waals surface area contributed by atoms with Crippen LogP contribution in [0.3, 0.4) is 0 Å². The predicted octanol–water partition coefficient (Wildman–Crippen LogP) is 4.52. The lowest BCUT2D eigenvalue weighted by Gasteiger charge is -2.29. The number of alkyl halides is 3. The van der Waals surface area contributed by atoms with Crippen LogP contribution in [0.15, 0.2) is 22.7 Å². The molecule has 1 aliphatic carbocycles. The van der Waals surface area contributed by atoms with Crippen LogP contribution in [0.5, 0.6) is 0 Å². The van der Waals surface area contributed by atoms with Gasteiger partial charge in [-0.1, -0.05) is 22.4 Å². The third-order valence-electron chi connectivity index (χ3n) is 4.06. The average Bonchev–Trinajstić information content (AvgIpc) is 2.73. The minimum Gasteiger partial charge on any atom is -0.481 e. The molecular weight excluding hydrogens is 351 g/mol. The summed E-state index contributed by atoms with van der Waals surface area (Å²) in [7, 11) is 0. The molecule has 2 unspecified atom stereocenters. The minimum absolute atomic E-state index is 0.0786. The van der Waals surface area contributed by atoms with Crippen LogP contribution in [-0.2, 0) is 11.0 Å². The average molecular weight is 366 g/mol. The quantitative estimate of drug-likeness (QED) is 0.827. The van der Waals surface area contributed by atoms with Crippen LogP contribution in [0.2, 0.25) is 0 Å². The molecule has 0 aliphatic heterocycles. The third-order valence-corrected chi connectivity index (χ3v) is 4.56. The van der Waals surface area contributed by atoms with E-state index >= 15 is 0 Å². The SMILES string of the molecule is CC1(C(=O)O)CCCC1Nc1ccc(Br)cc1C(F)(F)F. The molecule has 0 heterocycles. The van der Waals surface area contributed by atoms with Crippen LogP contribution in [0.4, 0.5) is 18.9 Å². The molecule has 0 saturated heterocycles. The summed E-state index contributed by atoms with van der Waals surface area (Å²) >= 11 is 3.03. The van der Waals surface area contributed by atoms with Gasteiger partial charge >= 0.3 is 12.1 Å². The van der Waals surface area contributed by atoms with Crippen LogP contribution in [0, 0.1) is 5.41 Å². The molecular formula is C14H15BrF3NO2. The van der Waals surface area contributed by atoms with E-state index in [1.807, 2.05) is 0 Å². The zero-order valence-electron chi connectivity index (χ0n) is 11.3. The number of hydrogen-bond donors (Lipinski definition) is 2. The van der Waals surface area contributed by atoms with Crippen molar-refractivity contribution in [3.63, 3.8) is 0 Å². The van der Waals surface area contributed by atoms with Gasteiger partial charge in [-0.25, -0.2) is 0 Å². The Kier molecular flexibility index (Phi) is 4.24. The maximum Gasteiger partial charge on any atom is 0.418 e. The molecule has 3 nitrogen and oxygen atoms in total. The third kappa shape index (κ3) is 3.17. The van der Waals surface area contributed by atoms with Gasteiger partial charge in [-0.15, -0.1) is 0 Å². The highest BCUT2D eigenvalue weighted by molar-refractivity contribution is 9.10. The van der Waals surface area contributed by atoms with Crippen LogP contribution in [0.25, 0.3) is 0 Å². The van der Waals surface area contributed by atoms with Crippen molar-refractivity contribution >= 4 is 27.6 Å². The molecule has 1 aliphatic rings. The first kappa shape index (κ1) is 16.1. The Balaban J connectivity index is 2.34. The summed E-state index contributed by atoms with van der Waals surface area (Å²) in [6.07, 6.45) is -2.82. The van der Waals surface area contributed by atoms with Crippen molar-refractivity contribution in [3.05, 3.63) is 28.2 Å². The zero-order chi connectivity index (χ0) is 15.8. The van der Waals surface area contributed by atoms with Gasteiger partial charge in [0.2, 0.25) is 0 Å². The molecule has 2 N–H and O–H groups in total. The smallest absolute Gasteiger partial charge is 0.418 e. The van der Waals surface area contributed by atoms with E-state index in [-0.39, 0.29) is 5.69 Å². The van der Waals surface area contributed by atoms with Crippen molar-refractivity contribution in [2.75, 3.05) is 5.32 Å². The van der Waals surface area contributed by atoms with Crippen molar-refractivity contribution in [1.29, 1.82) is 0 Å². The second kappa shape index (κ2) is 5.51. The molecule has 116 valence electrons. The number of anilines is 1. The van der Waals surface area contributed by atoms with E-state index < -0.39 is 29.2 Å². The first-order valence-electron chi connectivity index (χ1n) is 6.51. The molecule has 0 spiro atoms. The number of aliphatic carboxylic acids is 1. The van der Waals surface area contributed by atoms with E-state index in [0.29, 0.717) is 23.7 Å². The second-order valence-electron chi connectivity index (χ2n) is 5.50. The largest absolute Gasteiger partial charge is 0.481 e. The highest BCUT2D eigenvalue weighted by Crippen LogP contribution is 2.42. The number of carbonyl (C=O) groups is 1. The number of nitrogens with one attached hydrogen (secondary N) is 1. The standard InChI is InChI=1S/C14H15BrF3NO2/c1-13(12(20)21)6-2-3-11(13)19-10-5-4-8(15)7-9(10)14(16,17)18/h4-5,7,11,19H,2-3,6H2,1H3,(H,20,21). The van der Waals surface area contributed by atoms with Crippen LogP contribution < -0.4 is 5.32 Å². The number of carboxylic acid groups (broad SMARTS) is 1. The summed E-state index contributed by atoms with van der Waals surface area (Å²) in [6.45, 7) is 1.58. The molecule has 0 amide bonds. The Labute approximate surface area is 128 Å². The van der Waals surface area contributed by atoms with Crippen LogP contribution >= 0.6 is 15.9 Å². The Morgan fingerprint density at radius 1 is 1.48 bits per heavy atom. The maximum atomic E-state index is 13.1. The first-order valence-corrected chi connectivity index (χ1v) is 7.30. The summed E-state index contributed by atoms with van der Waals surface area (Å²) in [5.41, 5.74) is -1.92. The number of benzene rings is 1. The van der Waals surface area contributed by atoms with E-state index in [2.05, 4.69) is 21.2 Å². The molecule has 1 saturated carbocycles. The van der Waals surface area contributed by atoms with E-state index in [1.54, 1.807) is 6.92 Å². The Morgan fingerprint density at radius 2 is 2.14 bits per heavy atom. The van der Waals surface area contributed by atoms with E-state index in [9.17, 15) is 23.1 Å². The van der Waals surface area contributed by atoms with Crippen molar-refractivity contribution in [2.24, 2.45) is 5.41 Å². The Hall–Kier alpha value is -1.24. The lowest BCUT2D eigenvalue weighted by molar-refractivity contribution is -0.147. The molecule has 1 fully saturated rings. The fraction of sp³-hybridized carbons (Fsp3) is 0.500. The lowest BCUT2D eigenvalue weighted by atomic mass is 9.84. The zero-order valence-corrected chi connectivity index (χ0v) is 12.9. The maximum absolute atomic E-state index is 13.1. The van der Waals surface area contributed by atoms with Gasteiger partial charge in [0.05, 0.1) is 11.0 Å². The van der Waals surface area contributed by atoms with Gasteiger partial charge in [0.15, 0.2) is 0 Å². The molecule has 21 heavy (non-hydrogen) atoms. The van der Waals surface area contributed by atoms with Crippen LogP contribution in [-0.4, -0.2) is 17.1 Å². The fourth-order valence-corrected chi connectivity index (χ4v) is 3.08. The Bertz CT molecular complexity index is 562. The number of halogens is 4. The summed E-state index contributed by atoms with van der Waals surface area (Å²) in [5.74, 6) is -0.983. The van der Waals surface area contributed by atoms with Gasteiger partial charge in [-0.05, 0) is 38.0 Å². The van der Waals surface area contributed by atoms with E-state index in [0.717, 1.165) is 6.07 Å². The molecule has 1 aromatic carbocycles. The number of rotatable bonds is 3. The molecule has 7 heteroatoms. The molecule has 0 bridgehead atoms. The highest BCUT2D eigenvalue weighted by Gasteiger charge is 2.46. The summed E-state index contributed by atoms with van der Waals surface area (Å²) < 4.78 is 39.6. The highest BCUT2D eigenvalue weighted by atomic mass is 79.9. The van der Waals surface area contributed by atoms with Gasteiger partial charge in [0.1, 0.15) is 0 Å². The van der Waals surface area contributed by atoms with Gasteiger partial charge in [-0.2, -0.15) is 13.2 Å². The first-order chi connectivity index (χ1) is 9.64. The van der Waals surface area contributed by atoms with E-state index in [4.69, 9.17) is 0 Å². The van der Waals surface area contributed by atoms with Gasteiger partial charge in [0, 0.05) is 16.2 Å². The normalized spacial score (nSPS) is 25.9. The lowest BCUT2D eigenvalue weighted by Crippen LogP contribution is -2.40.